The van der Waals surface area contributed by atoms with Crippen molar-refractivity contribution in [2.75, 3.05) is 13.3 Å². The van der Waals surface area contributed by atoms with Gasteiger partial charge in [-0.2, -0.15) is 0 Å². The summed E-state index contributed by atoms with van der Waals surface area (Å²) in [7, 11) is -3.72. The number of aliphatic hydroxyl groups is 1. The van der Waals surface area contributed by atoms with Gasteiger partial charge in [0.05, 0.1) is 12.8 Å². The van der Waals surface area contributed by atoms with Crippen LogP contribution >= 0.6 is 7.52 Å². The Kier molecular flexibility index (Phi) is 7.94. The van der Waals surface area contributed by atoms with Gasteiger partial charge in [0.1, 0.15) is 30.7 Å². The molecule has 186 valence electrons. The number of hydrogen-bond donors (Lipinski definition) is 4. The molecular formula is C20H25F2N4O7P. The van der Waals surface area contributed by atoms with Crippen LogP contribution in [0.1, 0.15) is 12.5 Å². The maximum Gasteiger partial charge on any atom is 0.323 e. The van der Waals surface area contributed by atoms with Crippen LogP contribution in [-0.2, 0) is 34.8 Å². The van der Waals surface area contributed by atoms with Crippen LogP contribution in [0.2, 0.25) is 0 Å². The van der Waals surface area contributed by atoms with Gasteiger partial charge in [-0.25, -0.2) is 13.9 Å². The summed E-state index contributed by atoms with van der Waals surface area (Å²) in [6, 6.07) is 6.18. The minimum absolute atomic E-state index is 0.00976. The first-order valence-corrected chi connectivity index (χ1v) is 12.3. The van der Waals surface area contributed by atoms with Crippen molar-refractivity contribution in [2.24, 2.45) is 4.99 Å². The second-order valence-electron chi connectivity index (χ2n) is 7.93. The van der Waals surface area contributed by atoms with Gasteiger partial charge in [0.25, 0.3) is 13.4 Å². The number of amidine groups is 1. The van der Waals surface area contributed by atoms with E-state index in [1.54, 1.807) is 24.3 Å². The number of esters is 1. The molecule has 0 bridgehead atoms. The molecule has 11 nitrogen and oxygen atoms in total. The molecule has 0 aliphatic carbocycles. The lowest BCUT2D eigenvalue weighted by atomic mass is 10.00. The fraction of sp³-hybridized carbons (Fsp3) is 0.500. The maximum absolute atomic E-state index is 14.6. The second-order valence-corrected chi connectivity index (χ2v) is 10.1. The molecule has 3 rings (SSSR count). The average molecular weight is 502 g/mol. The maximum atomic E-state index is 14.6. The number of ether oxygens (including phenoxy) is 2. The molecule has 34 heavy (non-hydrogen) atoms. The number of nitrogens with zero attached hydrogens (tertiary/aromatic N) is 1. The largest absolute Gasteiger partial charge is 0.460 e. The molecule has 0 spiro atoms. The molecule has 2 heterocycles. The molecule has 0 radical (unpaired) electrons. The molecule has 1 saturated heterocycles. The Morgan fingerprint density at radius 2 is 2.09 bits per heavy atom. The first kappa shape index (κ1) is 26.0. The van der Waals surface area contributed by atoms with E-state index in [4.69, 9.17) is 19.4 Å². The smallest absolute Gasteiger partial charge is 0.323 e. The number of carbonyl (C=O) groups is 2. The summed E-state index contributed by atoms with van der Waals surface area (Å²) in [6.45, 7) is 1.83. The monoisotopic (exact) mass is 502 g/mol. The van der Waals surface area contributed by atoms with Crippen molar-refractivity contribution in [3.63, 3.8) is 0 Å². The first-order valence-electron chi connectivity index (χ1n) is 10.2. The van der Waals surface area contributed by atoms with Crippen molar-refractivity contribution in [3.8, 4) is 0 Å². The predicted molar refractivity (Wildman–Crippen MR) is 116 cm³/mol. The minimum atomic E-state index is -3.87. The minimum Gasteiger partial charge on any atom is -0.460 e. The van der Waals surface area contributed by atoms with Gasteiger partial charge in [0.2, 0.25) is 0 Å². The van der Waals surface area contributed by atoms with Gasteiger partial charge < -0.3 is 24.4 Å². The predicted octanol–water partition coefficient (Wildman–Crippen LogP) is 0.857. The Morgan fingerprint density at radius 1 is 1.41 bits per heavy atom. The lowest BCUT2D eigenvalue weighted by molar-refractivity contribution is -0.146. The number of hydrogen-bond acceptors (Lipinski definition) is 9. The zero-order valence-corrected chi connectivity index (χ0v) is 19.2. The quantitative estimate of drug-likeness (QED) is 0.286. The van der Waals surface area contributed by atoms with Gasteiger partial charge in [-0.15, -0.1) is 0 Å². The Morgan fingerprint density at radius 3 is 2.74 bits per heavy atom. The van der Waals surface area contributed by atoms with Gasteiger partial charge in [-0.1, -0.05) is 30.3 Å². The van der Waals surface area contributed by atoms with E-state index in [9.17, 15) is 28.0 Å². The average Bonchev–Trinajstić information content (AvgIpc) is 3.00. The fourth-order valence-corrected chi connectivity index (χ4v) is 4.69. The number of carbonyl (C=O) groups excluding carboxylic acids is 2. The molecule has 0 aromatic heterocycles. The van der Waals surface area contributed by atoms with Crippen molar-refractivity contribution in [3.05, 3.63) is 35.9 Å². The highest BCUT2D eigenvalue weighted by Gasteiger charge is 2.62. The summed E-state index contributed by atoms with van der Waals surface area (Å²) >= 11 is 0. The van der Waals surface area contributed by atoms with E-state index in [0.29, 0.717) is 0 Å². The highest BCUT2D eigenvalue weighted by atomic mass is 31.2. The molecule has 1 amide bonds. The van der Waals surface area contributed by atoms with Crippen LogP contribution in [0.15, 0.2) is 35.3 Å². The normalized spacial score (nSPS) is 28.7. The highest BCUT2D eigenvalue weighted by molar-refractivity contribution is 7.56. The lowest BCUT2D eigenvalue weighted by Gasteiger charge is -2.26. The highest BCUT2D eigenvalue weighted by Crippen LogP contribution is 2.43. The molecular weight excluding hydrogens is 477 g/mol. The molecule has 2 aliphatic heterocycles. The number of rotatable bonds is 9. The molecule has 1 aromatic carbocycles. The van der Waals surface area contributed by atoms with Gasteiger partial charge in [0.15, 0.2) is 12.1 Å². The summed E-state index contributed by atoms with van der Waals surface area (Å²) in [5.74, 6) is -5.91. The van der Waals surface area contributed by atoms with Crippen molar-refractivity contribution in [1.82, 2.24) is 10.4 Å². The zero-order valence-electron chi connectivity index (χ0n) is 18.3. The van der Waals surface area contributed by atoms with Crippen LogP contribution in [0.3, 0.4) is 0 Å². The number of amides is 1. The number of halogens is 2. The van der Waals surface area contributed by atoms with E-state index in [2.05, 4.69) is 15.4 Å². The van der Waals surface area contributed by atoms with Crippen molar-refractivity contribution in [2.45, 2.75) is 49.8 Å². The zero-order chi connectivity index (χ0) is 25.1. The fourth-order valence-electron chi connectivity index (χ4n) is 3.37. The van der Waals surface area contributed by atoms with Crippen LogP contribution in [0.5, 0.6) is 0 Å². The number of benzene rings is 1. The molecule has 1 aromatic rings. The van der Waals surface area contributed by atoms with E-state index >= 15 is 0 Å². The van der Waals surface area contributed by atoms with Gasteiger partial charge in [-0.05, 0) is 12.5 Å². The summed E-state index contributed by atoms with van der Waals surface area (Å²) < 4.78 is 57.4. The summed E-state index contributed by atoms with van der Waals surface area (Å²) in [4.78, 5) is 27.7. The molecule has 3 unspecified atom stereocenters. The Hall–Kier alpha value is -2.57. The number of alkyl halides is 2. The Bertz CT molecular complexity index is 1010. The summed E-state index contributed by atoms with van der Waals surface area (Å²) in [6.07, 6.45) is -5.21. The van der Waals surface area contributed by atoms with Crippen molar-refractivity contribution >= 4 is 31.4 Å². The third-order valence-corrected chi connectivity index (χ3v) is 6.61. The van der Waals surface area contributed by atoms with E-state index in [1.807, 2.05) is 6.07 Å². The third-order valence-electron chi connectivity index (χ3n) is 5.12. The van der Waals surface area contributed by atoms with Crippen molar-refractivity contribution in [1.29, 1.82) is 5.41 Å². The number of nitrogens with one attached hydrogen (secondary N) is 3. The summed E-state index contributed by atoms with van der Waals surface area (Å²) in [5, 5.41) is 21.8. The Labute approximate surface area is 193 Å². The van der Waals surface area contributed by atoms with Crippen LogP contribution < -0.4 is 10.4 Å². The van der Waals surface area contributed by atoms with Gasteiger partial charge >= 0.3 is 11.9 Å². The van der Waals surface area contributed by atoms with Crippen LogP contribution in [0.25, 0.3) is 0 Å². The van der Waals surface area contributed by atoms with E-state index in [-0.39, 0.29) is 12.4 Å². The second kappa shape index (κ2) is 10.4. The molecule has 4 N–H and O–H groups in total. The molecule has 2 aliphatic rings. The molecule has 6 atom stereocenters. The molecule has 1 fully saturated rings. The topological polar surface area (TPSA) is 159 Å². The van der Waals surface area contributed by atoms with Gasteiger partial charge in [-0.3, -0.25) is 24.6 Å². The van der Waals surface area contributed by atoms with Gasteiger partial charge in [0, 0.05) is 6.66 Å². The van der Waals surface area contributed by atoms with E-state index in [0.717, 1.165) is 18.4 Å². The van der Waals surface area contributed by atoms with E-state index in [1.165, 1.54) is 6.92 Å². The van der Waals surface area contributed by atoms with Crippen LogP contribution in [0, 0.1) is 5.41 Å². The standard InChI is InChI=1S/C20H25F2N4O7P/c1-11(19(29)31-9-12-6-4-3-5-7-12)26-34(2,30)32-10-13-16(27)20(21,22)17(33-13)15-18(28)25-14(23)8-24-15/h3-8,11,13,15-17,27H,9-10H2,1-2H3,(H,26,30)(H2,23,25,28)/t11-,13+,15?,16?,17-,34?/m0/s1. The summed E-state index contributed by atoms with van der Waals surface area (Å²) in [5.41, 5.74) is 0.759. The first-order chi connectivity index (χ1) is 15.9. The number of aliphatic hydroxyl groups excluding tert-OH is 1. The molecule has 0 saturated carbocycles. The third kappa shape index (κ3) is 6.10. The Balaban J connectivity index is 1.54. The van der Waals surface area contributed by atoms with Crippen LogP contribution in [-0.4, -0.2) is 78.6 Å². The molecule has 14 heteroatoms. The van der Waals surface area contributed by atoms with E-state index < -0.39 is 62.3 Å². The lowest BCUT2D eigenvalue weighted by Crippen LogP contribution is -2.53. The van der Waals surface area contributed by atoms with Crippen molar-refractivity contribution < 1.29 is 42.0 Å². The van der Waals surface area contributed by atoms with Crippen LogP contribution in [0.4, 0.5) is 8.78 Å². The SMILES string of the molecule is C[C@H](NP(C)(=O)OC[C@H]1O[C@@H](C2N=CC(=N)NC2=O)C(F)(F)C1O)C(=O)OCc1ccccc1. The number of aliphatic imine (C=N–C) groups is 1.